The molecule has 2 aliphatic heterocycles. The van der Waals surface area contributed by atoms with E-state index in [4.69, 9.17) is 4.74 Å². The number of piperidine rings is 1. The molecule has 0 saturated carbocycles. The number of morpholine rings is 1. The first-order valence-corrected chi connectivity index (χ1v) is 7.69. The summed E-state index contributed by atoms with van der Waals surface area (Å²) in [7, 11) is 0. The van der Waals surface area contributed by atoms with E-state index in [1.54, 1.807) is 17.2 Å². The van der Waals surface area contributed by atoms with Gasteiger partial charge >= 0.3 is 0 Å². The van der Waals surface area contributed by atoms with Gasteiger partial charge in [-0.05, 0) is 24.8 Å². The maximum absolute atomic E-state index is 12.4. The van der Waals surface area contributed by atoms with Crippen LogP contribution in [0.2, 0.25) is 0 Å². The molecule has 0 unspecified atom stereocenters. The molecule has 2 fully saturated rings. The monoisotopic (exact) mass is 290 g/mol. The average Bonchev–Trinajstić information content (AvgIpc) is 2.56. The van der Waals surface area contributed by atoms with Gasteiger partial charge in [-0.1, -0.05) is 6.92 Å². The lowest BCUT2D eigenvalue weighted by molar-refractivity contribution is 0.0299. The molecule has 0 aliphatic carbocycles. The summed E-state index contributed by atoms with van der Waals surface area (Å²) in [5, 5.41) is 0. The molecule has 1 aromatic heterocycles. The molecule has 6 heteroatoms. The Morgan fingerprint density at radius 3 is 2.67 bits per heavy atom. The maximum atomic E-state index is 12.4. The largest absolute Gasteiger partial charge is 0.378 e. The second-order valence-electron chi connectivity index (χ2n) is 5.82. The van der Waals surface area contributed by atoms with Crippen molar-refractivity contribution in [3.63, 3.8) is 0 Å². The average molecular weight is 290 g/mol. The zero-order valence-corrected chi connectivity index (χ0v) is 12.5. The lowest BCUT2D eigenvalue weighted by atomic mass is 10.00. The van der Waals surface area contributed by atoms with E-state index < -0.39 is 0 Å². The summed E-state index contributed by atoms with van der Waals surface area (Å²) in [6.45, 7) is 6.70. The van der Waals surface area contributed by atoms with Crippen LogP contribution in [0, 0.1) is 5.92 Å². The van der Waals surface area contributed by atoms with Crippen molar-refractivity contribution in [2.24, 2.45) is 5.92 Å². The molecule has 2 saturated heterocycles. The van der Waals surface area contributed by atoms with Crippen LogP contribution in [0.5, 0.6) is 0 Å². The summed E-state index contributed by atoms with van der Waals surface area (Å²) in [6, 6.07) is 1.70. The van der Waals surface area contributed by atoms with E-state index in [-0.39, 0.29) is 5.91 Å². The molecule has 1 amide bonds. The number of nitrogens with zero attached hydrogens (tertiary/aromatic N) is 4. The number of hydrogen-bond acceptors (Lipinski definition) is 5. The van der Waals surface area contributed by atoms with Crippen molar-refractivity contribution in [2.75, 3.05) is 44.3 Å². The number of amides is 1. The van der Waals surface area contributed by atoms with Crippen molar-refractivity contribution in [3.8, 4) is 0 Å². The van der Waals surface area contributed by atoms with Crippen LogP contribution in [0.1, 0.15) is 30.3 Å². The molecular formula is C15H22N4O2. The molecule has 6 nitrogen and oxygen atoms in total. The third-order valence-electron chi connectivity index (χ3n) is 4.23. The van der Waals surface area contributed by atoms with Gasteiger partial charge in [0.05, 0.1) is 13.2 Å². The second-order valence-corrected chi connectivity index (χ2v) is 5.82. The summed E-state index contributed by atoms with van der Waals surface area (Å²) < 4.78 is 5.28. The Hall–Kier alpha value is -1.69. The molecule has 0 radical (unpaired) electrons. The van der Waals surface area contributed by atoms with Crippen LogP contribution >= 0.6 is 0 Å². The Kier molecular flexibility index (Phi) is 4.34. The smallest absolute Gasteiger partial charge is 0.272 e. The van der Waals surface area contributed by atoms with E-state index >= 15 is 0 Å². The number of anilines is 1. The van der Waals surface area contributed by atoms with E-state index in [9.17, 15) is 4.79 Å². The van der Waals surface area contributed by atoms with Crippen molar-refractivity contribution in [1.29, 1.82) is 0 Å². The van der Waals surface area contributed by atoms with Crippen molar-refractivity contribution in [3.05, 3.63) is 18.0 Å². The number of carbonyl (C=O) groups excluding carboxylic acids is 1. The molecule has 0 N–H and O–H groups in total. The van der Waals surface area contributed by atoms with Gasteiger partial charge < -0.3 is 14.5 Å². The van der Waals surface area contributed by atoms with E-state index in [1.165, 1.54) is 0 Å². The molecule has 114 valence electrons. The van der Waals surface area contributed by atoms with E-state index in [0.717, 1.165) is 31.8 Å². The number of rotatable bonds is 2. The number of hydrogen-bond donors (Lipinski definition) is 0. The first-order valence-electron chi connectivity index (χ1n) is 7.69. The fourth-order valence-corrected chi connectivity index (χ4v) is 2.76. The lowest BCUT2D eigenvalue weighted by Crippen LogP contribution is -2.41. The van der Waals surface area contributed by atoms with Crippen molar-refractivity contribution < 1.29 is 9.53 Å². The Balaban J connectivity index is 1.71. The summed E-state index contributed by atoms with van der Waals surface area (Å²) in [5.74, 6) is 1.42. The SMILES string of the molecule is CC1CCN(c2nccc(C(=O)N3CCOCC3)n2)CC1. The Bertz CT molecular complexity index is 494. The van der Waals surface area contributed by atoms with Gasteiger partial charge in [-0.3, -0.25) is 4.79 Å². The number of carbonyl (C=O) groups is 1. The molecular weight excluding hydrogens is 268 g/mol. The lowest BCUT2D eigenvalue weighted by Gasteiger charge is -2.30. The maximum Gasteiger partial charge on any atom is 0.272 e. The molecule has 21 heavy (non-hydrogen) atoms. The molecule has 3 rings (SSSR count). The minimum Gasteiger partial charge on any atom is -0.378 e. The molecule has 0 atom stereocenters. The predicted octanol–water partition coefficient (Wildman–Crippen LogP) is 1.19. The van der Waals surface area contributed by atoms with E-state index in [2.05, 4.69) is 21.8 Å². The van der Waals surface area contributed by atoms with Gasteiger partial charge in [-0.25, -0.2) is 9.97 Å². The van der Waals surface area contributed by atoms with Crippen molar-refractivity contribution >= 4 is 11.9 Å². The second kappa shape index (κ2) is 6.39. The van der Waals surface area contributed by atoms with Gasteiger partial charge in [-0.15, -0.1) is 0 Å². The zero-order valence-electron chi connectivity index (χ0n) is 12.5. The first kappa shape index (κ1) is 14.3. The highest BCUT2D eigenvalue weighted by Gasteiger charge is 2.22. The number of ether oxygens (including phenoxy) is 1. The highest BCUT2D eigenvalue weighted by molar-refractivity contribution is 5.92. The van der Waals surface area contributed by atoms with Crippen molar-refractivity contribution in [2.45, 2.75) is 19.8 Å². The van der Waals surface area contributed by atoms with Gasteiger partial charge in [0.25, 0.3) is 5.91 Å². The van der Waals surface area contributed by atoms with Crippen molar-refractivity contribution in [1.82, 2.24) is 14.9 Å². The fraction of sp³-hybridized carbons (Fsp3) is 0.667. The summed E-state index contributed by atoms with van der Waals surface area (Å²) in [6.07, 6.45) is 4.00. The molecule has 3 heterocycles. The molecule has 0 bridgehead atoms. The van der Waals surface area contributed by atoms with Gasteiger partial charge in [0.15, 0.2) is 0 Å². The quantitative estimate of drug-likeness (QED) is 0.819. The van der Waals surface area contributed by atoms with Crippen LogP contribution in [0.25, 0.3) is 0 Å². The molecule has 2 aliphatic rings. The summed E-state index contributed by atoms with van der Waals surface area (Å²) in [4.78, 5) is 25.2. The van der Waals surface area contributed by atoms with E-state index in [0.29, 0.717) is 37.9 Å². The van der Waals surface area contributed by atoms with Crippen LogP contribution in [0.15, 0.2) is 12.3 Å². The standard InChI is InChI=1S/C15H22N4O2/c1-12-3-6-19(7-4-12)15-16-5-2-13(17-15)14(20)18-8-10-21-11-9-18/h2,5,12H,3-4,6-11H2,1H3. The number of aromatic nitrogens is 2. The van der Waals surface area contributed by atoms with Crippen LogP contribution in [0.3, 0.4) is 0 Å². The first-order chi connectivity index (χ1) is 10.2. The summed E-state index contributed by atoms with van der Waals surface area (Å²) in [5.41, 5.74) is 0.487. The topological polar surface area (TPSA) is 58.6 Å². The van der Waals surface area contributed by atoms with Gasteiger partial charge in [0, 0.05) is 32.4 Å². The van der Waals surface area contributed by atoms with Gasteiger partial charge in [-0.2, -0.15) is 0 Å². The Labute approximate surface area is 125 Å². The Morgan fingerprint density at radius 2 is 1.95 bits per heavy atom. The molecule has 0 aromatic carbocycles. The highest BCUT2D eigenvalue weighted by Crippen LogP contribution is 2.20. The van der Waals surface area contributed by atoms with Crippen LogP contribution in [-0.4, -0.2) is 60.2 Å². The third-order valence-corrected chi connectivity index (χ3v) is 4.23. The molecule has 1 aromatic rings. The Morgan fingerprint density at radius 1 is 1.24 bits per heavy atom. The predicted molar refractivity (Wildman–Crippen MR) is 79.4 cm³/mol. The minimum atomic E-state index is -0.0210. The summed E-state index contributed by atoms with van der Waals surface area (Å²) >= 11 is 0. The van der Waals surface area contributed by atoms with Crippen LogP contribution in [0.4, 0.5) is 5.95 Å². The normalized spacial score (nSPS) is 20.6. The van der Waals surface area contributed by atoms with Gasteiger partial charge in [0.2, 0.25) is 5.95 Å². The molecule has 0 spiro atoms. The van der Waals surface area contributed by atoms with E-state index in [1.807, 2.05) is 0 Å². The van der Waals surface area contributed by atoms with Crippen LogP contribution in [-0.2, 0) is 4.74 Å². The van der Waals surface area contributed by atoms with Crippen LogP contribution < -0.4 is 4.90 Å². The van der Waals surface area contributed by atoms with Gasteiger partial charge in [0.1, 0.15) is 5.69 Å². The minimum absolute atomic E-state index is 0.0210. The highest BCUT2D eigenvalue weighted by atomic mass is 16.5. The fourth-order valence-electron chi connectivity index (χ4n) is 2.76. The zero-order chi connectivity index (χ0) is 14.7. The third kappa shape index (κ3) is 3.32.